The Labute approximate surface area is 188 Å². The summed E-state index contributed by atoms with van der Waals surface area (Å²) in [5, 5.41) is 9.58. The summed E-state index contributed by atoms with van der Waals surface area (Å²) in [5.41, 5.74) is 1.18. The molecule has 2 aliphatic rings. The van der Waals surface area contributed by atoms with Crippen LogP contribution in [-0.4, -0.2) is 63.8 Å². The monoisotopic (exact) mass is 462 g/mol. The molecule has 31 heavy (non-hydrogen) atoms. The Morgan fingerprint density at radius 1 is 1.19 bits per heavy atom. The summed E-state index contributed by atoms with van der Waals surface area (Å²) in [6.45, 7) is 5.36. The quantitative estimate of drug-likeness (QED) is 0.533. The van der Waals surface area contributed by atoms with Gasteiger partial charge in [0.1, 0.15) is 5.82 Å². The molecule has 1 aliphatic carbocycles. The molecule has 0 N–H and O–H groups in total. The lowest BCUT2D eigenvalue weighted by molar-refractivity contribution is -0.130. The number of hydrogen-bond donors (Lipinski definition) is 0. The van der Waals surface area contributed by atoms with Gasteiger partial charge in [-0.05, 0) is 30.7 Å². The van der Waals surface area contributed by atoms with Crippen molar-refractivity contribution < 1.29 is 13.2 Å². The van der Waals surface area contributed by atoms with Crippen molar-refractivity contribution in [1.29, 1.82) is 0 Å². The fourth-order valence-electron chi connectivity index (χ4n) is 4.04. The molecule has 1 atom stereocenters. The van der Waals surface area contributed by atoms with Gasteiger partial charge in [-0.2, -0.15) is 0 Å². The van der Waals surface area contributed by atoms with Crippen LogP contribution >= 0.6 is 11.8 Å². The number of sulfone groups is 1. The molecule has 1 saturated heterocycles. The van der Waals surface area contributed by atoms with E-state index >= 15 is 0 Å². The van der Waals surface area contributed by atoms with Crippen LogP contribution < -0.4 is 0 Å². The van der Waals surface area contributed by atoms with Crippen LogP contribution in [0.25, 0.3) is 0 Å². The highest BCUT2D eigenvalue weighted by Gasteiger charge is 2.35. The van der Waals surface area contributed by atoms with E-state index in [1.165, 1.54) is 17.3 Å². The average molecular weight is 463 g/mol. The molecule has 2 aromatic rings. The number of nitrogens with zero attached hydrogens (tertiary/aromatic N) is 4. The maximum atomic E-state index is 13.1. The molecule has 0 spiro atoms. The third-order valence-corrected chi connectivity index (χ3v) is 8.43. The first-order valence-electron chi connectivity index (χ1n) is 10.9. The van der Waals surface area contributed by atoms with E-state index in [-0.39, 0.29) is 35.1 Å². The van der Waals surface area contributed by atoms with Crippen molar-refractivity contribution in [3.8, 4) is 0 Å². The number of carbonyl (C=O) groups excluding carboxylic acids is 1. The van der Waals surface area contributed by atoms with Gasteiger partial charge in [0.2, 0.25) is 5.91 Å². The standard InChI is InChI=1S/C22H30N4O3S2/c1-16(2)12-25(19-10-11-31(28,29)15-19)20(27)14-30-22-24-23-21(18-8-9-18)26(22)13-17-6-4-3-5-7-17/h3-7,16,18-19H,8-15H2,1-2H3/t19-/m0/s1. The Hall–Kier alpha value is -1.87. The Bertz CT molecular complexity index is 1020. The van der Waals surface area contributed by atoms with E-state index in [0.717, 1.165) is 23.8 Å². The Morgan fingerprint density at radius 2 is 1.94 bits per heavy atom. The number of amides is 1. The molecule has 7 nitrogen and oxygen atoms in total. The van der Waals surface area contributed by atoms with Crippen LogP contribution in [-0.2, 0) is 21.2 Å². The molecule has 1 amide bonds. The van der Waals surface area contributed by atoms with Crippen LogP contribution in [0.3, 0.4) is 0 Å². The van der Waals surface area contributed by atoms with E-state index in [0.29, 0.717) is 25.4 Å². The van der Waals surface area contributed by atoms with E-state index < -0.39 is 9.84 Å². The topological polar surface area (TPSA) is 85.2 Å². The molecule has 0 unspecified atom stereocenters. The summed E-state index contributed by atoms with van der Waals surface area (Å²) < 4.78 is 26.1. The molecular weight excluding hydrogens is 432 g/mol. The van der Waals surface area contributed by atoms with Crippen LogP contribution in [0.1, 0.15) is 50.4 Å². The van der Waals surface area contributed by atoms with Crippen LogP contribution in [0.15, 0.2) is 35.5 Å². The molecule has 2 heterocycles. The molecule has 168 valence electrons. The van der Waals surface area contributed by atoms with E-state index in [2.05, 4.69) is 40.7 Å². The predicted octanol–water partition coefficient (Wildman–Crippen LogP) is 2.97. The van der Waals surface area contributed by atoms with Gasteiger partial charge < -0.3 is 9.47 Å². The zero-order valence-electron chi connectivity index (χ0n) is 18.1. The molecule has 1 aromatic carbocycles. The van der Waals surface area contributed by atoms with Gasteiger partial charge in [-0.15, -0.1) is 10.2 Å². The predicted molar refractivity (Wildman–Crippen MR) is 122 cm³/mol. The van der Waals surface area contributed by atoms with Gasteiger partial charge in [0, 0.05) is 18.5 Å². The molecule has 2 fully saturated rings. The summed E-state index contributed by atoms with van der Waals surface area (Å²) in [6.07, 6.45) is 2.80. The number of thioether (sulfide) groups is 1. The lowest BCUT2D eigenvalue weighted by Crippen LogP contribution is -2.44. The van der Waals surface area contributed by atoms with Crippen LogP contribution in [0.5, 0.6) is 0 Å². The van der Waals surface area contributed by atoms with E-state index in [9.17, 15) is 13.2 Å². The fourth-order valence-corrected chi connectivity index (χ4v) is 6.60. The third-order valence-electron chi connectivity index (χ3n) is 5.73. The van der Waals surface area contributed by atoms with E-state index in [1.54, 1.807) is 4.90 Å². The second-order valence-electron chi connectivity index (χ2n) is 8.97. The lowest BCUT2D eigenvalue weighted by atomic mass is 10.1. The number of aromatic nitrogens is 3. The summed E-state index contributed by atoms with van der Waals surface area (Å²) in [7, 11) is -3.04. The number of rotatable bonds is 9. The first kappa shape index (κ1) is 22.3. The summed E-state index contributed by atoms with van der Waals surface area (Å²) in [6, 6.07) is 9.99. The van der Waals surface area contributed by atoms with E-state index in [4.69, 9.17) is 0 Å². The maximum Gasteiger partial charge on any atom is 0.233 e. The largest absolute Gasteiger partial charge is 0.338 e. The second kappa shape index (κ2) is 9.32. The first-order chi connectivity index (χ1) is 14.8. The van der Waals surface area contributed by atoms with Gasteiger partial charge in [0.25, 0.3) is 0 Å². The molecule has 1 aromatic heterocycles. The van der Waals surface area contributed by atoms with Crippen LogP contribution in [0, 0.1) is 5.92 Å². The maximum absolute atomic E-state index is 13.1. The van der Waals surface area contributed by atoms with Gasteiger partial charge >= 0.3 is 0 Å². The van der Waals surface area contributed by atoms with Crippen molar-refractivity contribution in [3.05, 3.63) is 41.7 Å². The van der Waals surface area contributed by atoms with Gasteiger partial charge in [0.05, 0.1) is 23.8 Å². The normalized spacial score (nSPS) is 20.3. The van der Waals surface area contributed by atoms with Crippen LogP contribution in [0.4, 0.5) is 0 Å². The Morgan fingerprint density at radius 3 is 2.55 bits per heavy atom. The van der Waals surface area contributed by atoms with Crippen molar-refractivity contribution >= 4 is 27.5 Å². The SMILES string of the molecule is CC(C)CN(C(=O)CSc1nnc(C2CC2)n1Cc1ccccc1)[C@H]1CCS(=O)(=O)C1. The molecule has 9 heteroatoms. The summed E-state index contributed by atoms with van der Waals surface area (Å²) in [5.74, 6) is 2.20. The Balaban J connectivity index is 1.47. The zero-order chi connectivity index (χ0) is 22.0. The van der Waals surface area contributed by atoms with Crippen molar-refractivity contribution in [2.75, 3.05) is 23.8 Å². The highest BCUT2D eigenvalue weighted by molar-refractivity contribution is 7.99. The van der Waals surface area contributed by atoms with Crippen molar-refractivity contribution in [1.82, 2.24) is 19.7 Å². The third kappa shape index (κ3) is 5.68. The minimum atomic E-state index is -3.04. The summed E-state index contributed by atoms with van der Waals surface area (Å²) >= 11 is 1.40. The van der Waals surface area contributed by atoms with Crippen molar-refractivity contribution in [3.63, 3.8) is 0 Å². The molecular formula is C22H30N4O3S2. The van der Waals surface area contributed by atoms with Gasteiger partial charge in [-0.25, -0.2) is 8.42 Å². The molecule has 0 bridgehead atoms. The first-order valence-corrected chi connectivity index (χ1v) is 13.7. The minimum Gasteiger partial charge on any atom is -0.338 e. The number of carbonyl (C=O) groups is 1. The smallest absolute Gasteiger partial charge is 0.233 e. The molecule has 4 rings (SSSR count). The van der Waals surface area contributed by atoms with Crippen molar-refractivity contribution in [2.24, 2.45) is 5.92 Å². The number of benzene rings is 1. The molecule has 1 aliphatic heterocycles. The van der Waals surface area contributed by atoms with E-state index in [1.807, 2.05) is 18.2 Å². The zero-order valence-corrected chi connectivity index (χ0v) is 19.7. The van der Waals surface area contributed by atoms with Gasteiger partial charge in [-0.3, -0.25) is 4.79 Å². The Kier molecular flexibility index (Phi) is 6.71. The highest BCUT2D eigenvalue weighted by atomic mass is 32.2. The summed E-state index contributed by atoms with van der Waals surface area (Å²) in [4.78, 5) is 14.9. The van der Waals surface area contributed by atoms with Gasteiger partial charge in [0.15, 0.2) is 15.0 Å². The van der Waals surface area contributed by atoms with Crippen LogP contribution in [0.2, 0.25) is 0 Å². The van der Waals surface area contributed by atoms with Crippen molar-refractivity contribution in [2.45, 2.75) is 56.8 Å². The number of hydrogen-bond acceptors (Lipinski definition) is 6. The van der Waals surface area contributed by atoms with Gasteiger partial charge in [-0.1, -0.05) is 55.9 Å². The fraction of sp³-hybridized carbons (Fsp3) is 0.591. The molecule has 0 radical (unpaired) electrons. The minimum absolute atomic E-state index is 0.0250. The highest BCUT2D eigenvalue weighted by Crippen LogP contribution is 2.40. The molecule has 1 saturated carbocycles. The average Bonchev–Trinajstić information content (AvgIpc) is 3.40. The second-order valence-corrected chi connectivity index (χ2v) is 12.1. The lowest BCUT2D eigenvalue weighted by Gasteiger charge is -2.29.